The molecule has 0 spiro atoms. The summed E-state index contributed by atoms with van der Waals surface area (Å²) in [7, 11) is 0. The first-order chi connectivity index (χ1) is 12.0. The van der Waals surface area contributed by atoms with Crippen molar-refractivity contribution in [2.24, 2.45) is 0 Å². The Hall–Kier alpha value is -2.04. The van der Waals surface area contributed by atoms with Crippen molar-refractivity contribution in [3.63, 3.8) is 0 Å². The molecule has 2 aliphatic rings. The van der Waals surface area contributed by atoms with E-state index in [0.29, 0.717) is 0 Å². The molecule has 1 aromatic heterocycles. The molecule has 1 aliphatic carbocycles. The van der Waals surface area contributed by atoms with Gasteiger partial charge >= 0.3 is 0 Å². The van der Waals surface area contributed by atoms with Gasteiger partial charge in [-0.05, 0) is 20.3 Å². The van der Waals surface area contributed by atoms with Crippen LogP contribution in [0.2, 0.25) is 0 Å². The van der Waals surface area contributed by atoms with Crippen LogP contribution < -0.4 is 10.2 Å². The normalized spacial score (nSPS) is 24.7. The Morgan fingerprint density at radius 2 is 1.81 bits per heavy atom. The Morgan fingerprint density at radius 3 is 2.38 bits per heavy atom. The van der Waals surface area contributed by atoms with Crippen molar-refractivity contribution in [1.29, 1.82) is 0 Å². The highest BCUT2D eigenvalue weighted by Gasteiger charge is 2.47. The van der Waals surface area contributed by atoms with Crippen molar-refractivity contribution in [2.75, 3.05) is 23.3 Å². The first-order valence-electron chi connectivity index (χ1n) is 8.09. The second kappa shape index (κ2) is 6.29. The van der Waals surface area contributed by atoms with Crippen molar-refractivity contribution < 1.29 is 27.1 Å². The molecule has 2 heterocycles. The lowest BCUT2D eigenvalue weighted by molar-refractivity contribution is -0.107. The Morgan fingerprint density at radius 1 is 1.15 bits per heavy atom. The molecule has 1 saturated heterocycles. The van der Waals surface area contributed by atoms with Crippen LogP contribution in [0.5, 0.6) is 0 Å². The third kappa shape index (κ3) is 3.57. The summed E-state index contributed by atoms with van der Waals surface area (Å²) in [4.78, 5) is 13.2. The zero-order chi connectivity index (χ0) is 19.3. The number of rotatable bonds is 4. The molecule has 1 aliphatic heterocycles. The molecule has 1 unspecified atom stereocenters. The van der Waals surface area contributed by atoms with E-state index in [4.69, 9.17) is 0 Å². The summed E-state index contributed by atoms with van der Waals surface area (Å²) in [5, 5.41) is 12.3. The van der Waals surface area contributed by atoms with E-state index >= 15 is 0 Å². The van der Waals surface area contributed by atoms with Gasteiger partial charge in [0.1, 0.15) is 5.83 Å². The van der Waals surface area contributed by atoms with Gasteiger partial charge in [0.05, 0.1) is 13.1 Å². The number of nitrogens with one attached hydrogen (secondary N) is 1. The standard InChI is InChI=1S/C15H18F5N5O/c1-7(2)21-12-22-11(8-3-4-15(19,20)10(26)9(8)16)23-13(24-12)25-5-14(17,18)6-25/h7,10,26H,3-6H2,1-2H3,(H,21,22,23,24). The van der Waals surface area contributed by atoms with E-state index in [9.17, 15) is 27.1 Å². The summed E-state index contributed by atoms with van der Waals surface area (Å²) in [5.74, 6) is -8.20. The molecule has 11 heteroatoms. The molecule has 0 amide bonds. The van der Waals surface area contributed by atoms with Gasteiger partial charge in [-0.2, -0.15) is 15.0 Å². The van der Waals surface area contributed by atoms with E-state index < -0.39 is 49.7 Å². The number of aliphatic hydroxyl groups excluding tert-OH is 1. The molecule has 0 radical (unpaired) electrons. The maximum absolute atomic E-state index is 14.3. The second-order valence-electron chi connectivity index (χ2n) is 6.78. The summed E-state index contributed by atoms with van der Waals surface area (Å²) in [6, 6.07) is -0.115. The van der Waals surface area contributed by atoms with Gasteiger partial charge in [0, 0.05) is 18.0 Å². The highest BCUT2D eigenvalue weighted by molar-refractivity contribution is 5.66. The van der Waals surface area contributed by atoms with Gasteiger partial charge in [0.2, 0.25) is 11.9 Å². The molecule has 6 nitrogen and oxygen atoms in total. The number of aliphatic hydroxyl groups is 1. The number of alkyl halides is 4. The van der Waals surface area contributed by atoms with E-state index in [1.807, 2.05) is 0 Å². The third-order valence-corrected chi connectivity index (χ3v) is 4.08. The highest BCUT2D eigenvalue weighted by atomic mass is 19.3. The Bertz CT molecular complexity index is 731. The van der Waals surface area contributed by atoms with Crippen LogP contribution in [0.15, 0.2) is 5.83 Å². The molecule has 1 atom stereocenters. The molecule has 0 saturated carbocycles. The molecule has 144 valence electrons. The van der Waals surface area contributed by atoms with Crippen molar-refractivity contribution in [3.8, 4) is 0 Å². The zero-order valence-corrected chi connectivity index (χ0v) is 14.1. The molecular weight excluding hydrogens is 361 g/mol. The summed E-state index contributed by atoms with van der Waals surface area (Å²) >= 11 is 0. The molecule has 1 fully saturated rings. The van der Waals surface area contributed by atoms with Crippen LogP contribution in [0.1, 0.15) is 32.5 Å². The summed E-state index contributed by atoms with van der Waals surface area (Å²) in [5.41, 5.74) is -0.272. The van der Waals surface area contributed by atoms with Gasteiger partial charge in [-0.1, -0.05) is 0 Å². The first-order valence-corrected chi connectivity index (χ1v) is 8.09. The smallest absolute Gasteiger partial charge is 0.282 e. The molecular formula is C15H18F5N5O. The van der Waals surface area contributed by atoms with E-state index in [0.717, 1.165) is 0 Å². The van der Waals surface area contributed by atoms with Crippen LogP contribution in [0.4, 0.5) is 33.8 Å². The van der Waals surface area contributed by atoms with Crippen LogP contribution in [0.3, 0.4) is 0 Å². The predicted octanol–water partition coefficient (Wildman–Crippen LogP) is 2.62. The molecule has 0 bridgehead atoms. The number of anilines is 2. The fraction of sp³-hybridized carbons (Fsp3) is 0.667. The average molecular weight is 379 g/mol. The molecule has 1 aromatic rings. The summed E-state index contributed by atoms with van der Waals surface area (Å²) in [6.45, 7) is 2.37. The number of halogens is 5. The summed E-state index contributed by atoms with van der Waals surface area (Å²) in [6.07, 6.45) is -3.75. The lowest BCUT2D eigenvalue weighted by atomic mass is 9.92. The predicted molar refractivity (Wildman–Crippen MR) is 84.0 cm³/mol. The number of nitrogens with zero attached hydrogens (tertiary/aromatic N) is 4. The van der Waals surface area contributed by atoms with Gasteiger partial charge in [-0.3, -0.25) is 0 Å². The molecule has 3 rings (SSSR count). The number of hydrogen-bond acceptors (Lipinski definition) is 6. The largest absolute Gasteiger partial charge is 0.380 e. The lowest BCUT2D eigenvalue weighted by Crippen LogP contribution is -2.57. The molecule has 0 aromatic carbocycles. The van der Waals surface area contributed by atoms with Crippen molar-refractivity contribution in [1.82, 2.24) is 15.0 Å². The lowest BCUT2D eigenvalue weighted by Gasteiger charge is -2.38. The monoisotopic (exact) mass is 379 g/mol. The number of hydrogen-bond donors (Lipinski definition) is 2. The van der Waals surface area contributed by atoms with E-state index in [1.54, 1.807) is 13.8 Å². The van der Waals surface area contributed by atoms with E-state index in [-0.39, 0.29) is 29.3 Å². The maximum atomic E-state index is 14.3. The minimum atomic E-state index is -3.58. The summed E-state index contributed by atoms with van der Waals surface area (Å²) < 4.78 is 67.4. The third-order valence-electron chi connectivity index (χ3n) is 4.08. The molecule has 2 N–H and O–H groups in total. The second-order valence-corrected chi connectivity index (χ2v) is 6.78. The van der Waals surface area contributed by atoms with Crippen molar-refractivity contribution >= 4 is 17.5 Å². The fourth-order valence-electron chi connectivity index (χ4n) is 2.73. The number of aromatic nitrogens is 3. The zero-order valence-electron chi connectivity index (χ0n) is 14.1. The number of allylic oxidation sites excluding steroid dienone is 1. The molecule has 26 heavy (non-hydrogen) atoms. The highest BCUT2D eigenvalue weighted by Crippen LogP contribution is 2.41. The maximum Gasteiger partial charge on any atom is 0.282 e. The minimum absolute atomic E-state index is 0.0161. The van der Waals surface area contributed by atoms with E-state index in [1.165, 1.54) is 4.90 Å². The Balaban J connectivity index is 1.99. The van der Waals surface area contributed by atoms with Gasteiger partial charge in [-0.25, -0.2) is 22.0 Å². The topological polar surface area (TPSA) is 74.2 Å². The van der Waals surface area contributed by atoms with Gasteiger partial charge < -0.3 is 15.3 Å². The Kier molecular flexibility index (Phi) is 4.53. The fourth-order valence-corrected chi connectivity index (χ4v) is 2.73. The van der Waals surface area contributed by atoms with Gasteiger partial charge in [-0.15, -0.1) is 0 Å². The van der Waals surface area contributed by atoms with Crippen LogP contribution in [0.25, 0.3) is 5.57 Å². The van der Waals surface area contributed by atoms with Crippen LogP contribution in [-0.2, 0) is 0 Å². The SMILES string of the molecule is CC(C)Nc1nc(C2=C(F)C(O)C(F)(F)CC2)nc(N2CC(F)(F)C2)n1. The van der Waals surface area contributed by atoms with Gasteiger partial charge in [0.15, 0.2) is 11.9 Å². The first kappa shape index (κ1) is 18.7. The minimum Gasteiger partial charge on any atom is -0.380 e. The van der Waals surface area contributed by atoms with Crippen molar-refractivity contribution in [3.05, 3.63) is 11.7 Å². The van der Waals surface area contributed by atoms with E-state index in [2.05, 4.69) is 20.3 Å². The quantitative estimate of drug-likeness (QED) is 0.784. The van der Waals surface area contributed by atoms with Crippen molar-refractivity contribution in [2.45, 2.75) is 50.7 Å². The van der Waals surface area contributed by atoms with Gasteiger partial charge in [0.25, 0.3) is 11.8 Å². The average Bonchev–Trinajstić information content (AvgIpc) is 2.49. The van der Waals surface area contributed by atoms with Crippen LogP contribution in [-0.4, -0.2) is 57.1 Å². The Labute approximate surface area is 146 Å². The van der Waals surface area contributed by atoms with Crippen LogP contribution >= 0.6 is 0 Å². The van der Waals surface area contributed by atoms with Crippen LogP contribution in [0, 0.1) is 0 Å².